The van der Waals surface area contributed by atoms with Gasteiger partial charge in [-0.25, -0.2) is 4.98 Å². The second-order valence-electron chi connectivity index (χ2n) is 10.2. The van der Waals surface area contributed by atoms with E-state index in [-0.39, 0.29) is 23.8 Å². The van der Waals surface area contributed by atoms with Crippen LogP contribution >= 0.6 is 11.3 Å². The molecule has 3 rings (SSSR count). The molecule has 0 aliphatic rings. The molecule has 6 nitrogen and oxygen atoms in total. The van der Waals surface area contributed by atoms with Crippen LogP contribution in [-0.2, 0) is 22.4 Å². The van der Waals surface area contributed by atoms with Crippen molar-refractivity contribution in [1.29, 1.82) is 0 Å². The summed E-state index contributed by atoms with van der Waals surface area (Å²) in [6.07, 6.45) is 4.39. The standard InChI is InChI=1S/C30H38N4O2S/c1-6-30(4,5)34-25(20-23-15-11-8-12-16-23)28(36)32-24(19-22-13-9-7-10-14-22)27(35)33-26(21(2)3)29-31-17-18-37-29/h6-18,21,24-26,34H,1,19-20H2,2-5H3,(H,32,36)(H,33,35)/t24?,25-,26?/m0/s1. The first kappa shape index (κ1) is 28.3. The Bertz CT molecular complexity index is 1130. The van der Waals surface area contributed by atoms with Gasteiger partial charge in [0.2, 0.25) is 11.8 Å². The maximum Gasteiger partial charge on any atom is 0.243 e. The minimum absolute atomic E-state index is 0.143. The molecule has 37 heavy (non-hydrogen) atoms. The highest BCUT2D eigenvalue weighted by Crippen LogP contribution is 2.23. The quantitative estimate of drug-likeness (QED) is 0.283. The molecule has 0 saturated heterocycles. The highest BCUT2D eigenvalue weighted by molar-refractivity contribution is 7.09. The van der Waals surface area contributed by atoms with Gasteiger partial charge in [0.25, 0.3) is 0 Å². The Labute approximate surface area is 224 Å². The monoisotopic (exact) mass is 518 g/mol. The number of nitrogens with zero attached hydrogens (tertiary/aromatic N) is 1. The number of hydrogen-bond acceptors (Lipinski definition) is 5. The van der Waals surface area contributed by atoms with Crippen molar-refractivity contribution in [3.63, 3.8) is 0 Å². The Morgan fingerprint density at radius 1 is 0.919 bits per heavy atom. The Kier molecular flexibility index (Phi) is 10.2. The van der Waals surface area contributed by atoms with Gasteiger partial charge in [-0.3, -0.25) is 14.9 Å². The minimum Gasteiger partial charge on any atom is -0.345 e. The second kappa shape index (κ2) is 13.3. The molecule has 0 bridgehead atoms. The summed E-state index contributed by atoms with van der Waals surface area (Å²) in [5.41, 5.74) is 1.53. The molecule has 2 aromatic carbocycles. The van der Waals surface area contributed by atoms with E-state index in [1.54, 1.807) is 12.3 Å². The van der Waals surface area contributed by atoms with Crippen molar-refractivity contribution in [2.45, 2.75) is 64.2 Å². The van der Waals surface area contributed by atoms with Gasteiger partial charge < -0.3 is 10.6 Å². The summed E-state index contributed by atoms with van der Waals surface area (Å²) < 4.78 is 0. The molecular weight excluding hydrogens is 480 g/mol. The fraction of sp³-hybridized carbons (Fsp3) is 0.367. The number of amides is 2. The number of aromatic nitrogens is 1. The van der Waals surface area contributed by atoms with Crippen molar-refractivity contribution < 1.29 is 9.59 Å². The molecule has 3 aromatic rings. The van der Waals surface area contributed by atoms with Crippen molar-refractivity contribution >= 4 is 23.2 Å². The molecule has 196 valence electrons. The van der Waals surface area contributed by atoms with Crippen molar-refractivity contribution in [3.8, 4) is 0 Å². The van der Waals surface area contributed by atoms with Crippen molar-refractivity contribution in [3.05, 3.63) is 101 Å². The van der Waals surface area contributed by atoms with Gasteiger partial charge in [0.1, 0.15) is 11.0 Å². The minimum atomic E-state index is -0.747. The van der Waals surface area contributed by atoms with Gasteiger partial charge in [0, 0.05) is 23.5 Å². The zero-order valence-electron chi connectivity index (χ0n) is 22.1. The van der Waals surface area contributed by atoms with E-state index in [2.05, 4.69) is 27.5 Å². The first-order valence-electron chi connectivity index (χ1n) is 12.7. The van der Waals surface area contributed by atoms with Crippen molar-refractivity contribution in [2.24, 2.45) is 5.92 Å². The SMILES string of the molecule is C=CC(C)(C)N[C@@H](Cc1ccccc1)C(=O)NC(Cc1ccccc1)C(=O)NC(c1nccs1)C(C)C. The van der Waals surface area contributed by atoms with E-state index in [9.17, 15) is 9.59 Å². The van der Waals surface area contributed by atoms with Crippen LogP contribution in [-0.4, -0.2) is 34.4 Å². The molecule has 0 fully saturated rings. The molecule has 0 spiro atoms. The van der Waals surface area contributed by atoms with Crippen LogP contribution in [0.3, 0.4) is 0 Å². The Morgan fingerprint density at radius 2 is 1.46 bits per heavy atom. The Morgan fingerprint density at radius 3 is 1.95 bits per heavy atom. The molecule has 3 N–H and O–H groups in total. The van der Waals surface area contributed by atoms with E-state index in [1.807, 2.05) is 93.7 Å². The second-order valence-corrected chi connectivity index (χ2v) is 11.1. The van der Waals surface area contributed by atoms with Crippen molar-refractivity contribution in [1.82, 2.24) is 20.9 Å². The van der Waals surface area contributed by atoms with Crippen LogP contribution in [0.15, 0.2) is 84.9 Å². The van der Waals surface area contributed by atoms with Gasteiger partial charge in [-0.1, -0.05) is 80.6 Å². The average Bonchev–Trinajstić information content (AvgIpc) is 3.42. The van der Waals surface area contributed by atoms with E-state index >= 15 is 0 Å². The average molecular weight is 519 g/mol. The molecule has 0 aliphatic carbocycles. The molecular formula is C30H38N4O2S. The third-order valence-corrected chi connectivity index (χ3v) is 7.11. The maximum atomic E-state index is 13.7. The van der Waals surface area contributed by atoms with E-state index in [0.717, 1.165) is 16.1 Å². The lowest BCUT2D eigenvalue weighted by molar-refractivity contribution is -0.130. The van der Waals surface area contributed by atoms with Gasteiger partial charge in [0.05, 0.1) is 12.1 Å². The first-order chi connectivity index (χ1) is 17.7. The highest BCUT2D eigenvalue weighted by Gasteiger charge is 2.31. The molecule has 1 aromatic heterocycles. The van der Waals surface area contributed by atoms with Gasteiger partial charge >= 0.3 is 0 Å². The van der Waals surface area contributed by atoms with E-state index in [0.29, 0.717) is 12.8 Å². The van der Waals surface area contributed by atoms with E-state index in [1.165, 1.54) is 11.3 Å². The molecule has 0 radical (unpaired) electrons. The third-order valence-electron chi connectivity index (χ3n) is 6.25. The zero-order chi connectivity index (χ0) is 26.8. The number of hydrogen-bond donors (Lipinski definition) is 3. The summed E-state index contributed by atoms with van der Waals surface area (Å²) in [6, 6.07) is 18.1. The van der Waals surface area contributed by atoms with Crippen LogP contribution in [0.1, 0.15) is 49.9 Å². The van der Waals surface area contributed by atoms with Gasteiger partial charge in [-0.05, 0) is 37.3 Å². The van der Waals surface area contributed by atoms with Crippen LogP contribution in [0.4, 0.5) is 0 Å². The lowest BCUT2D eigenvalue weighted by Crippen LogP contribution is -2.57. The summed E-state index contributed by atoms with van der Waals surface area (Å²) in [6.45, 7) is 12.0. The fourth-order valence-corrected chi connectivity index (χ4v) is 4.91. The summed E-state index contributed by atoms with van der Waals surface area (Å²) in [7, 11) is 0. The summed E-state index contributed by atoms with van der Waals surface area (Å²) >= 11 is 1.51. The third kappa shape index (κ3) is 8.65. The molecule has 3 atom stereocenters. The van der Waals surface area contributed by atoms with Crippen LogP contribution in [0, 0.1) is 5.92 Å². The number of nitrogens with one attached hydrogen (secondary N) is 3. The molecule has 2 unspecified atom stereocenters. The largest absolute Gasteiger partial charge is 0.345 e. The maximum absolute atomic E-state index is 13.7. The summed E-state index contributed by atoms with van der Waals surface area (Å²) in [4.78, 5) is 31.7. The summed E-state index contributed by atoms with van der Waals surface area (Å²) in [5, 5.41) is 12.4. The molecule has 7 heteroatoms. The van der Waals surface area contributed by atoms with Crippen LogP contribution in [0.5, 0.6) is 0 Å². The number of benzene rings is 2. The molecule has 0 aliphatic heterocycles. The number of thiazole rings is 1. The topological polar surface area (TPSA) is 83.1 Å². The predicted molar refractivity (Wildman–Crippen MR) is 151 cm³/mol. The Balaban J connectivity index is 1.85. The fourth-order valence-electron chi connectivity index (χ4n) is 4.05. The molecule has 1 heterocycles. The smallest absolute Gasteiger partial charge is 0.243 e. The van der Waals surface area contributed by atoms with Crippen molar-refractivity contribution in [2.75, 3.05) is 0 Å². The normalized spacial score (nSPS) is 14.0. The molecule has 2 amide bonds. The number of carbonyl (C=O) groups is 2. The van der Waals surface area contributed by atoms with Gasteiger partial charge in [0.15, 0.2) is 0 Å². The molecule has 0 saturated carbocycles. The number of rotatable bonds is 13. The van der Waals surface area contributed by atoms with Gasteiger partial charge in [-0.15, -0.1) is 17.9 Å². The van der Waals surface area contributed by atoms with Crippen LogP contribution in [0.2, 0.25) is 0 Å². The predicted octanol–water partition coefficient (Wildman–Crippen LogP) is 4.85. The number of carbonyl (C=O) groups excluding carboxylic acids is 2. The van der Waals surface area contributed by atoms with Crippen LogP contribution in [0.25, 0.3) is 0 Å². The highest BCUT2D eigenvalue weighted by atomic mass is 32.1. The van der Waals surface area contributed by atoms with Crippen LogP contribution < -0.4 is 16.0 Å². The zero-order valence-corrected chi connectivity index (χ0v) is 22.9. The van der Waals surface area contributed by atoms with E-state index in [4.69, 9.17) is 0 Å². The van der Waals surface area contributed by atoms with E-state index < -0.39 is 17.6 Å². The summed E-state index contributed by atoms with van der Waals surface area (Å²) in [5.74, 6) is -0.318. The Hall–Kier alpha value is -3.29. The first-order valence-corrected chi connectivity index (χ1v) is 13.6. The van der Waals surface area contributed by atoms with Gasteiger partial charge in [-0.2, -0.15) is 0 Å². The lowest BCUT2D eigenvalue weighted by atomic mass is 9.98. The lowest BCUT2D eigenvalue weighted by Gasteiger charge is -2.30.